The van der Waals surface area contributed by atoms with Crippen molar-refractivity contribution in [2.24, 2.45) is 0 Å². The first-order valence-electron chi connectivity index (χ1n) is 12.1. The molecule has 8 nitrogen and oxygen atoms in total. The maximum Gasteiger partial charge on any atom is 0.419 e. The largest absolute Gasteiger partial charge is 0.497 e. The predicted molar refractivity (Wildman–Crippen MR) is 142 cm³/mol. The summed E-state index contributed by atoms with van der Waals surface area (Å²) in [7, 11) is 3.15. The van der Waals surface area contributed by atoms with Crippen LogP contribution in [0.4, 0.5) is 4.79 Å². The fourth-order valence-electron chi connectivity index (χ4n) is 4.76. The number of fused-ring (bicyclic) bond motifs is 1. The minimum Gasteiger partial charge on any atom is -0.497 e. The second-order valence-corrected chi connectivity index (χ2v) is 10.4. The van der Waals surface area contributed by atoms with Gasteiger partial charge in [-0.25, -0.2) is 4.79 Å². The summed E-state index contributed by atoms with van der Waals surface area (Å²) in [6, 6.07) is 13.5. The van der Waals surface area contributed by atoms with Gasteiger partial charge in [-0.05, 0) is 50.6 Å². The van der Waals surface area contributed by atoms with Crippen LogP contribution in [0.3, 0.4) is 0 Å². The van der Waals surface area contributed by atoms with Crippen LogP contribution in [0, 0.1) is 11.3 Å². The smallest absolute Gasteiger partial charge is 0.419 e. The standard InChI is InChI=1S/C28H32ClN3O5/c1-27(2,3)37-26(33)32-17-23(22-9-8-21(34-4)15-24(22)32)28(18-30,31-10-12-36-13-11-31)16-19-6-7-20(29)14-25(19)35-5/h6-9,14-15,17H,10-13,16H2,1-5H3. The number of carbonyl (C=O) groups is 1. The number of halogens is 1. The molecule has 1 aromatic heterocycles. The molecule has 0 radical (unpaired) electrons. The highest BCUT2D eigenvalue weighted by atomic mass is 35.5. The van der Waals surface area contributed by atoms with Crippen LogP contribution in [0.15, 0.2) is 42.6 Å². The van der Waals surface area contributed by atoms with E-state index in [4.69, 9.17) is 30.5 Å². The molecule has 0 bridgehead atoms. The van der Waals surface area contributed by atoms with E-state index < -0.39 is 17.2 Å². The molecule has 0 saturated carbocycles. The van der Waals surface area contributed by atoms with Gasteiger partial charge >= 0.3 is 6.09 Å². The molecule has 1 aliphatic heterocycles. The number of aromatic nitrogens is 1. The second-order valence-electron chi connectivity index (χ2n) is 9.98. The summed E-state index contributed by atoms with van der Waals surface area (Å²) in [4.78, 5) is 15.4. The van der Waals surface area contributed by atoms with E-state index in [-0.39, 0.29) is 0 Å². The second kappa shape index (κ2) is 10.6. The first-order chi connectivity index (χ1) is 17.6. The summed E-state index contributed by atoms with van der Waals surface area (Å²) in [6.07, 6.45) is 1.50. The minimum atomic E-state index is -1.13. The molecule has 37 heavy (non-hydrogen) atoms. The third-order valence-electron chi connectivity index (χ3n) is 6.48. The third kappa shape index (κ3) is 5.40. The van der Waals surface area contributed by atoms with Crippen molar-refractivity contribution in [2.75, 3.05) is 40.5 Å². The molecule has 1 aliphatic rings. The Morgan fingerprint density at radius 2 is 1.84 bits per heavy atom. The van der Waals surface area contributed by atoms with E-state index >= 15 is 0 Å². The number of rotatable bonds is 6. The monoisotopic (exact) mass is 525 g/mol. The quantitative estimate of drug-likeness (QED) is 0.426. The van der Waals surface area contributed by atoms with Crippen LogP contribution in [0.5, 0.6) is 11.5 Å². The Labute approximate surface area is 222 Å². The zero-order valence-electron chi connectivity index (χ0n) is 21.8. The topological polar surface area (TPSA) is 86.0 Å². The Bertz CT molecular complexity index is 1330. The molecule has 2 aromatic carbocycles. The number of morpholine rings is 1. The van der Waals surface area contributed by atoms with Crippen molar-refractivity contribution in [3.8, 4) is 17.6 Å². The van der Waals surface area contributed by atoms with Gasteiger partial charge in [0.15, 0.2) is 0 Å². The van der Waals surface area contributed by atoms with Gasteiger partial charge in [0.05, 0.1) is 39.0 Å². The summed E-state index contributed by atoms with van der Waals surface area (Å²) in [5, 5.41) is 12.2. The Morgan fingerprint density at radius 3 is 2.46 bits per heavy atom. The van der Waals surface area contributed by atoms with Gasteiger partial charge < -0.3 is 18.9 Å². The van der Waals surface area contributed by atoms with Crippen LogP contribution in [0.2, 0.25) is 5.02 Å². The molecule has 2 heterocycles. The van der Waals surface area contributed by atoms with Crippen molar-refractivity contribution in [1.82, 2.24) is 9.47 Å². The average molecular weight is 526 g/mol. The van der Waals surface area contributed by atoms with E-state index in [0.717, 1.165) is 10.9 Å². The van der Waals surface area contributed by atoms with E-state index in [0.29, 0.717) is 60.3 Å². The van der Waals surface area contributed by atoms with Crippen molar-refractivity contribution >= 4 is 28.6 Å². The first kappa shape index (κ1) is 26.8. The van der Waals surface area contributed by atoms with Crippen molar-refractivity contribution in [3.63, 3.8) is 0 Å². The number of carbonyl (C=O) groups excluding carboxylic acids is 1. The van der Waals surface area contributed by atoms with E-state index in [2.05, 4.69) is 11.0 Å². The lowest BCUT2D eigenvalue weighted by Crippen LogP contribution is -2.52. The highest BCUT2D eigenvalue weighted by molar-refractivity contribution is 6.30. The Hall–Kier alpha value is -3.25. The Kier molecular flexibility index (Phi) is 7.69. The zero-order chi connectivity index (χ0) is 26.8. The number of nitriles is 1. The van der Waals surface area contributed by atoms with E-state index in [1.807, 2.05) is 39.0 Å². The van der Waals surface area contributed by atoms with Gasteiger partial charge in [0.2, 0.25) is 0 Å². The summed E-state index contributed by atoms with van der Waals surface area (Å²) < 4.78 is 23.9. The molecule has 3 aromatic rings. The molecule has 1 fully saturated rings. The van der Waals surface area contributed by atoms with Crippen molar-refractivity contribution in [3.05, 3.63) is 58.7 Å². The van der Waals surface area contributed by atoms with E-state index in [1.54, 1.807) is 38.6 Å². The van der Waals surface area contributed by atoms with Crippen molar-refractivity contribution in [2.45, 2.75) is 38.3 Å². The van der Waals surface area contributed by atoms with Gasteiger partial charge in [-0.2, -0.15) is 5.26 Å². The molecule has 0 amide bonds. The highest BCUT2D eigenvalue weighted by Crippen LogP contribution is 2.41. The van der Waals surface area contributed by atoms with Crippen LogP contribution in [-0.4, -0.2) is 61.7 Å². The third-order valence-corrected chi connectivity index (χ3v) is 6.71. The fraction of sp³-hybridized carbons (Fsp3) is 0.429. The number of nitrogens with zero attached hydrogens (tertiary/aromatic N) is 3. The van der Waals surface area contributed by atoms with Gasteiger partial charge in [0, 0.05) is 47.7 Å². The summed E-state index contributed by atoms with van der Waals surface area (Å²) in [5.41, 5.74) is 0.286. The van der Waals surface area contributed by atoms with Crippen molar-refractivity contribution in [1.29, 1.82) is 5.26 Å². The van der Waals surface area contributed by atoms with Crippen LogP contribution in [0.25, 0.3) is 10.9 Å². The SMILES string of the molecule is COc1ccc2c(C(C#N)(Cc3ccc(Cl)cc3OC)N3CCOCC3)cn(C(=O)OC(C)(C)C)c2c1. The summed E-state index contributed by atoms with van der Waals surface area (Å²) in [6.45, 7) is 7.56. The summed E-state index contributed by atoms with van der Waals surface area (Å²) in [5.74, 6) is 1.19. The molecule has 1 unspecified atom stereocenters. The van der Waals surface area contributed by atoms with Gasteiger partial charge in [0.25, 0.3) is 0 Å². The van der Waals surface area contributed by atoms with Crippen LogP contribution >= 0.6 is 11.6 Å². The predicted octanol–water partition coefficient (Wildman–Crippen LogP) is 5.39. The molecule has 0 aliphatic carbocycles. The molecule has 4 rings (SSSR count). The van der Waals surface area contributed by atoms with Gasteiger partial charge in [-0.3, -0.25) is 9.47 Å². The average Bonchev–Trinajstić information content (AvgIpc) is 3.27. The van der Waals surface area contributed by atoms with Crippen LogP contribution in [0.1, 0.15) is 31.9 Å². The normalized spacial score (nSPS) is 16.1. The molecule has 1 atom stereocenters. The number of hydrogen-bond donors (Lipinski definition) is 0. The zero-order valence-corrected chi connectivity index (χ0v) is 22.6. The first-order valence-corrected chi connectivity index (χ1v) is 12.5. The Morgan fingerprint density at radius 1 is 1.11 bits per heavy atom. The lowest BCUT2D eigenvalue weighted by Gasteiger charge is -2.41. The van der Waals surface area contributed by atoms with Gasteiger partial charge in [0.1, 0.15) is 22.6 Å². The maximum atomic E-state index is 13.3. The summed E-state index contributed by atoms with van der Waals surface area (Å²) >= 11 is 6.23. The van der Waals surface area contributed by atoms with Crippen LogP contribution < -0.4 is 9.47 Å². The number of hydrogen-bond acceptors (Lipinski definition) is 7. The molecule has 0 N–H and O–H groups in total. The van der Waals surface area contributed by atoms with E-state index in [9.17, 15) is 10.1 Å². The number of ether oxygens (including phenoxy) is 4. The number of benzene rings is 2. The minimum absolute atomic E-state index is 0.309. The van der Waals surface area contributed by atoms with Crippen LogP contribution in [-0.2, 0) is 21.4 Å². The molecule has 196 valence electrons. The van der Waals surface area contributed by atoms with Gasteiger partial charge in [-0.15, -0.1) is 0 Å². The molecule has 0 spiro atoms. The van der Waals surface area contributed by atoms with Gasteiger partial charge in [-0.1, -0.05) is 17.7 Å². The van der Waals surface area contributed by atoms with Crippen molar-refractivity contribution < 1.29 is 23.7 Å². The molecule has 9 heteroatoms. The molecular formula is C28H32ClN3O5. The Balaban J connectivity index is 1.96. The fourth-order valence-corrected chi connectivity index (χ4v) is 4.92. The van der Waals surface area contributed by atoms with E-state index in [1.165, 1.54) is 4.57 Å². The molecule has 1 saturated heterocycles. The number of methoxy groups -OCH3 is 2. The lowest BCUT2D eigenvalue weighted by atomic mass is 9.82. The maximum absolute atomic E-state index is 13.3. The highest BCUT2D eigenvalue weighted by Gasteiger charge is 2.43. The molecular weight excluding hydrogens is 494 g/mol. The lowest BCUT2D eigenvalue weighted by molar-refractivity contribution is -0.00495.